The first-order valence-corrected chi connectivity index (χ1v) is 6.61. The van der Waals surface area contributed by atoms with E-state index in [2.05, 4.69) is 9.71 Å². The van der Waals surface area contributed by atoms with E-state index < -0.39 is 10.0 Å². The van der Waals surface area contributed by atoms with Gasteiger partial charge in [0.15, 0.2) is 0 Å². The molecule has 1 heterocycles. The minimum absolute atomic E-state index is 0.157. The number of rotatable bonds is 5. The molecular formula is C10H16N2O2S. The zero-order valence-corrected chi connectivity index (χ0v) is 9.79. The molecule has 1 atom stereocenters. The summed E-state index contributed by atoms with van der Waals surface area (Å²) in [6.45, 7) is 3.63. The van der Waals surface area contributed by atoms with Gasteiger partial charge in [0.2, 0.25) is 10.0 Å². The molecule has 1 rings (SSSR count). The minimum Gasteiger partial charge on any atom is -0.260 e. The second-order valence-corrected chi connectivity index (χ2v) is 5.29. The van der Waals surface area contributed by atoms with Crippen molar-refractivity contribution in [2.45, 2.75) is 26.3 Å². The van der Waals surface area contributed by atoms with E-state index in [1.54, 1.807) is 25.3 Å². The first kappa shape index (κ1) is 12.1. The molecule has 0 amide bonds. The van der Waals surface area contributed by atoms with Crippen LogP contribution in [0.2, 0.25) is 0 Å². The Balaban J connectivity index is 2.68. The van der Waals surface area contributed by atoms with E-state index >= 15 is 0 Å². The van der Waals surface area contributed by atoms with Crippen molar-refractivity contribution in [3.05, 3.63) is 30.1 Å². The van der Waals surface area contributed by atoms with E-state index in [-0.39, 0.29) is 11.8 Å². The SMILES string of the molecule is CCCS(=O)(=O)NC(C)c1ccccn1. The molecule has 0 fully saturated rings. The maximum atomic E-state index is 11.5. The summed E-state index contributed by atoms with van der Waals surface area (Å²) < 4.78 is 25.5. The largest absolute Gasteiger partial charge is 0.260 e. The first-order chi connectivity index (χ1) is 7.05. The molecule has 0 saturated carbocycles. The van der Waals surface area contributed by atoms with Crippen LogP contribution < -0.4 is 4.72 Å². The quantitative estimate of drug-likeness (QED) is 0.830. The fourth-order valence-corrected chi connectivity index (χ4v) is 2.60. The van der Waals surface area contributed by atoms with Crippen molar-refractivity contribution in [2.75, 3.05) is 5.75 Å². The Morgan fingerprint density at radius 1 is 1.47 bits per heavy atom. The fraction of sp³-hybridized carbons (Fsp3) is 0.500. The van der Waals surface area contributed by atoms with Crippen LogP contribution in [0.3, 0.4) is 0 Å². The van der Waals surface area contributed by atoms with E-state index in [0.29, 0.717) is 6.42 Å². The zero-order chi connectivity index (χ0) is 11.3. The first-order valence-electron chi connectivity index (χ1n) is 4.96. The van der Waals surface area contributed by atoms with E-state index in [1.807, 2.05) is 13.0 Å². The lowest BCUT2D eigenvalue weighted by atomic mass is 10.2. The predicted molar refractivity (Wildman–Crippen MR) is 59.9 cm³/mol. The van der Waals surface area contributed by atoms with Crippen LogP contribution in [0.25, 0.3) is 0 Å². The monoisotopic (exact) mass is 228 g/mol. The summed E-state index contributed by atoms with van der Waals surface area (Å²) in [6.07, 6.45) is 2.27. The number of nitrogens with one attached hydrogen (secondary N) is 1. The third kappa shape index (κ3) is 3.97. The third-order valence-electron chi connectivity index (χ3n) is 1.96. The van der Waals surface area contributed by atoms with Gasteiger partial charge in [0.05, 0.1) is 17.5 Å². The van der Waals surface area contributed by atoms with Crippen LogP contribution >= 0.6 is 0 Å². The summed E-state index contributed by atoms with van der Waals surface area (Å²) in [7, 11) is -3.17. The Labute approximate surface area is 90.8 Å². The third-order valence-corrected chi connectivity index (χ3v) is 3.62. The Morgan fingerprint density at radius 2 is 2.20 bits per heavy atom. The zero-order valence-electron chi connectivity index (χ0n) is 8.97. The fourth-order valence-electron chi connectivity index (χ4n) is 1.29. The Hall–Kier alpha value is -0.940. The molecule has 0 saturated heterocycles. The molecule has 15 heavy (non-hydrogen) atoms. The summed E-state index contributed by atoms with van der Waals surface area (Å²) in [5, 5.41) is 0. The van der Waals surface area contributed by atoms with Crippen molar-refractivity contribution >= 4 is 10.0 Å². The second kappa shape index (κ2) is 5.23. The van der Waals surface area contributed by atoms with Gasteiger partial charge in [0.25, 0.3) is 0 Å². The smallest absolute Gasteiger partial charge is 0.212 e. The highest BCUT2D eigenvalue weighted by Crippen LogP contribution is 2.09. The van der Waals surface area contributed by atoms with E-state index in [0.717, 1.165) is 5.69 Å². The lowest BCUT2D eigenvalue weighted by Gasteiger charge is -2.12. The number of hydrogen-bond acceptors (Lipinski definition) is 3. The van der Waals surface area contributed by atoms with Gasteiger partial charge >= 0.3 is 0 Å². The molecule has 4 nitrogen and oxygen atoms in total. The summed E-state index contributed by atoms with van der Waals surface area (Å²) in [4.78, 5) is 4.10. The molecule has 1 N–H and O–H groups in total. The number of hydrogen-bond donors (Lipinski definition) is 1. The van der Waals surface area contributed by atoms with Gasteiger partial charge in [-0.05, 0) is 25.5 Å². The molecule has 0 spiro atoms. The van der Waals surface area contributed by atoms with Crippen LogP contribution in [0.15, 0.2) is 24.4 Å². The number of pyridine rings is 1. The second-order valence-electron chi connectivity index (χ2n) is 3.41. The van der Waals surface area contributed by atoms with Crippen molar-refractivity contribution in [2.24, 2.45) is 0 Å². The van der Waals surface area contributed by atoms with Crippen molar-refractivity contribution in [3.63, 3.8) is 0 Å². The summed E-state index contributed by atoms with van der Waals surface area (Å²) in [5.74, 6) is 0.157. The summed E-state index contributed by atoms with van der Waals surface area (Å²) in [5.41, 5.74) is 0.733. The van der Waals surface area contributed by atoms with E-state index in [1.165, 1.54) is 0 Å². The number of aromatic nitrogens is 1. The van der Waals surface area contributed by atoms with Crippen LogP contribution in [0.4, 0.5) is 0 Å². The minimum atomic E-state index is -3.17. The van der Waals surface area contributed by atoms with Gasteiger partial charge < -0.3 is 0 Å². The van der Waals surface area contributed by atoms with Gasteiger partial charge in [0.1, 0.15) is 0 Å². The van der Waals surface area contributed by atoms with Crippen molar-refractivity contribution < 1.29 is 8.42 Å². The lowest BCUT2D eigenvalue weighted by molar-refractivity contribution is 0.563. The normalized spacial score (nSPS) is 13.7. The highest BCUT2D eigenvalue weighted by atomic mass is 32.2. The molecule has 1 unspecified atom stereocenters. The average molecular weight is 228 g/mol. The maximum absolute atomic E-state index is 11.5. The standard InChI is InChI=1S/C10H16N2O2S/c1-3-8-15(13,14)12-9(2)10-6-4-5-7-11-10/h4-7,9,12H,3,8H2,1-2H3. The van der Waals surface area contributed by atoms with Crippen molar-refractivity contribution in [3.8, 4) is 0 Å². The van der Waals surface area contributed by atoms with Crippen molar-refractivity contribution in [1.29, 1.82) is 0 Å². The molecule has 0 bridgehead atoms. The molecule has 1 aromatic rings. The van der Waals surface area contributed by atoms with Crippen LogP contribution in [-0.4, -0.2) is 19.2 Å². The molecule has 0 aromatic carbocycles. The Kier molecular flexibility index (Phi) is 4.23. The molecule has 1 aromatic heterocycles. The van der Waals surface area contributed by atoms with E-state index in [4.69, 9.17) is 0 Å². The highest BCUT2D eigenvalue weighted by Gasteiger charge is 2.14. The van der Waals surface area contributed by atoms with Gasteiger partial charge in [0, 0.05) is 6.20 Å². The molecule has 0 aliphatic carbocycles. The topological polar surface area (TPSA) is 59.1 Å². The molecule has 0 radical (unpaired) electrons. The van der Waals surface area contributed by atoms with Crippen LogP contribution in [-0.2, 0) is 10.0 Å². The summed E-state index contributed by atoms with van der Waals surface area (Å²) in [6, 6.07) is 5.17. The van der Waals surface area contributed by atoms with Crippen LogP contribution in [0, 0.1) is 0 Å². The van der Waals surface area contributed by atoms with Gasteiger partial charge in [-0.2, -0.15) is 0 Å². The molecular weight excluding hydrogens is 212 g/mol. The van der Waals surface area contributed by atoms with Gasteiger partial charge in [-0.1, -0.05) is 13.0 Å². The lowest BCUT2D eigenvalue weighted by Crippen LogP contribution is -2.29. The predicted octanol–water partition coefficient (Wildman–Crippen LogP) is 1.47. The van der Waals surface area contributed by atoms with E-state index in [9.17, 15) is 8.42 Å². The van der Waals surface area contributed by atoms with Crippen LogP contribution in [0.1, 0.15) is 32.0 Å². The van der Waals surface area contributed by atoms with Gasteiger partial charge in [-0.15, -0.1) is 0 Å². The molecule has 84 valence electrons. The molecule has 0 aliphatic rings. The van der Waals surface area contributed by atoms with Crippen molar-refractivity contribution in [1.82, 2.24) is 9.71 Å². The number of sulfonamides is 1. The Morgan fingerprint density at radius 3 is 2.73 bits per heavy atom. The maximum Gasteiger partial charge on any atom is 0.212 e. The average Bonchev–Trinajstić information content (AvgIpc) is 2.18. The molecule has 5 heteroatoms. The highest BCUT2D eigenvalue weighted by molar-refractivity contribution is 7.89. The molecule has 0 aliphatic heterocycles. The van der Waals surface area contributed by atoms with Crippen LogP contribution in [0.5, 0.6) is 0 Å². The number of nitrogens with zero attached hydrogens (tertiary/aromatic N) is 1. The van der Waals surface area contributed by atoms with Gasteiger partial charge in [-0.3, -0.25) is 4.98 Å². The summed E-state index contributed by atoms with van der Waals surface area (Å²) >= 11 is 0. The van der Waals surface area contributed by atoms with Gasteiger partial charge in [-0.25, -0.2) is 13.1 Å². The Bertz CT molecular complexity index is 389.